The van der Waals surface area contributed by atoms with E-state index < -0.39 is 23.9 Å². The molecule has 0 aliphatic rings. The molecule has 8 nitrogen and oxygen atoms in total. The quantitative estimate of drug-likeness (QED) is 0.0528. The summed E-state index contributed by atoms with van der Waals surface area (Å²) in [5.41, 5.74) is 3.82. The Labute approximate surface area is 277 Å². The molecule has 0 spiro atoms. The summed E-state index contributed by atoms with van der Waals surface area (Å²) in [6.45, 7) is 9.36. The van der Waals surface area contributed by atoms with Crippen molar-refractivity contribution in [2.75, 3.05) is 13.2 Å². The molecular weight excluding hydrogens is 596 g/mol. The first-order valence-electron chi connectivity index (χ1n) is 16.1. The van der Waals surface area contributed by atoms with Crippen LogP contribution in [0.25, 0.3) is 0 Å². The van der Waals surface area contributed by atoms with Gasteiger partial charge in [0, 0.05) is 12.2 Å². The molecule has 0 radical (unpaired) electrons. The van der Waals surface area contributed by atoms with Gasteiger partial charge in [-0.05, 0) is 105 Å². The number of rotatable bonds is 20. The zero-order valence-corrected chi connectivity index (χ0v) is 27.2. The van der Waals surface area contributed by atoms with Gasteiger partial charge in [-0.25, -0.2) is 19.2 Å². The Morgan fingerprint density at radius 3 is 1.47 bits per heavy atom. The van der Waals surface area contributed by atoms with Crippen LogP contribution in [0.2, 0.25) is 0 Å². The fourth-order valence-corrected chi connectivity index (χ4v) is 4.77. The molecule has 0 N–H and O–H groups in total. The highest BCUT2D eigenvalue weighted by molar-refractivity contribution is 5.92. The maximum absolute atomic E-state index is 12.8. The minimum Gasteiger partial charge on any atom is -0.463 e. The zero-order chi connectivity index (χ0) is 33.9. The Morgan fingerprint density at radius 2 is 1.02 bits per heavy atom. The average molecular weight is 641 g/mol. The summed E-state index contributed by atoms with van der Waals surface area (Å²) in [5, 5.41) is 0. The van der Waals surface area contributed by atoms with Gasteiger partial charge in [-0.1, -0.05) is 63.1 Å². The lowest BCUT2D eigenvalue weighted by molar-refractivity contribution is -0.138. The number of ether oxygens (including phenoxy) is 4. The maximum atomic E-state index is 12.8. The molecule has 0 aliphatic heterocycles. The molecule has 0 saturated heterocycles. The Hall–Kier alpha value is -4.98. The fraction of sp³-hybridized carbons (Fsp3) is 0.333. The van der Waals surface area contributed by atoms with Crippen LogP contribution in [-0.2, 0) is 31.9 Å². The number of hydrogen-bond donors (Lipinski definition) is 0. The first-order valence-corrected chi connectivity index (χ1v) is 16.1. The van der Waals surface area contributed by atoms with Crippen LogP contribution in [-0.4, -0.2) is 37.1 Å². The molecule has 0 heterocycles. The van der Waals surface area contributed by atoms with Crippen molar-refractivity contribution in [2.24, 2.45) is 0 Å². The van der Waals surface area contributed by atoms with Crippen LogP contribution in [0.15, 0.2) is 92.0 Å². The lowest BCUT2D eigenvalue weighted by Crippen LogP contribution is -2.10. The number of benzene rings is 3. The lowest BCUT2D eigenvalue weighted by Gasteiger charge is -2.11. The summed E-state index contributed by atoms with van der Waals surface area (Å²) in [5.74, 6) is -0.968. The van der Waals surface area contributed by atoms with Crippen molar-refractivity contribution in [2.45, 2.75) is 71.1 Å². The van der Waals surface area contributed by atoms with Crippen LogP contribution in [0.1, 0.15) is 88.8 Å². The topological polar surface area (TPSA) is 105 Å². The van der Waals surface area contributed by atoms with Gasteiger partial charge in [0.15, 0.2) is 0 Å². The first kappa shape index (κ1) is 36.5. The van der Waals surface area contributed by atoms with Crippen LogP contribution >= 0.6 is 0 Å². The van der Waals surface area contributed by atoms with Crippen LogP contribution in [0.4, 0.5) is 0 Å². The van der Waals surface area contributed by atoms with Crippen molar-refractivity contribution >= 4 is 23.9 Å². The van der Waals surface area contributed by atoms with E-state index in [0.29, 0.717) is 41.4 Å². The van der Waals surface area contributed by atoms with E-state index in [1.54, 1.807) is 49.4 Å². The molecule has 0 bridgehead atoms. The molecule has 0 aromatic heterocycles. The van der Waals surface area contributed by atoms with Crippen molar-refractivity contribution in [3.8, 4) is 11.5 Å². The van der Waals surface area contributed by atoms with Gasteiger partial charge in [-0.15, -0.1) is 0 Å². The molecule has 8 heteroatoms. The number of aryl methyl sites for hydroxylation is 3. The first-order chi connectivity index (χ1) is 22.8. The third-order valence-electron chi connectivity index (χ3n) is 7.48. The van der Waals surface area contributed by atoms with E-state index in [9.17, 15) is 19.2 Å². The SMILES string of the molecule is C=CC(=O)OCCCCCCc1ccc(C(=O)Oc2ccc(OC(=O)c3ccc(CCCCCCOC(=O)C=C)cc3)c(C)c2)cc1. The Morgan fingerprint density at radius 1 is 0.574 bits per heavy atom. The second-order valence-corrected chi connectivity index (χ2v) is 11.2. The van der Waals surface area contributed by atoms with Crippen LogP contribution in [0.5, 0.6) is 11.5 Å². The number of hydrogen-bond acceptors (Lipinski definition) is 8. The Kier molecular flexibility index (Phi) is 15.7. The van der Waals surface area contributed by atoms with Crippen molar-refractivity contribution in [3.05, 3.63) is 120 Å². The molecule has 248 valence electrons. The second kappa shape index (κ2) is 20.2. The van der Waals surface area contributed by atoms with Gasteiger partial charge >= 0.3 is 23.9 Å². The molecule has 3 aromatic rings. The zero-order valence-electron chi connectivity index (χ0n) is 27.2. The van der Waals surface area contributed by atoms with E-state index in [2.05, 4.69) is 13.2 Å². The molecular formula is C39H44O8. The van der Waals surface area contributed by atoms with Crippen LogP contribution in [0.3, 0.4) is 0 Å². The summed E-state index contributed by atoms with van der Waals surface area (Å²) in [4.78, 5) is 47.6. The van der Waals surface area contributed by atoms with Gasteiger partial charge in [0.05, 0.1) is 24.3 Å². The molecule has 0 amide bonds. The van der Waals surface area contributed by atoms with Crippen molar-refractivity contribution in [1.29, 1.82) is 0 Å². The molecule has 0 saturated carbocycles. The van der Waals surface area contributed by atoms with Crippen LogP contribution in [0, 0.1) is 6.92 Å². The number of carbonyl (C=O) groups is 4. The van der Waals surface area contributed by atoms with E-state index in [1.165, 1.54) is 12.2 Å². The van der Waals surface area contributed by atoms with Gasteiger partial charge in [-0.3, -0.25) is 0 Å². The van der Waals surface area contributed by atoms with Gasteiger partial charge in [0.2, 0.25) is 0 Å². The predicted molar refractivity (Wildman–Crippen MR) is 181 cm³/mol. The summed E-state index contributed by atoms with van der Waals surface area (Å²) < 4.78 is 21.1. The molecule has 0 unspecified atom stereocenters. The monoisotopic (exact) mass is 640 g/mol. The van der Waals surface area contributed by atoms with Crippen molar-refractivity contribution in [3.63, 3.8) is 0 Å². The number of esters is 4. The lowest BCUT2D eigenvalue weighted by atomic mass is 10.0. The molecule has 47 heavy (non-hydrogen) atoms. The average Bonchev–Trinajstić information content (AvgIpc) is 3.08. The van der Waals surface area contributed by atoms with Crippen molar-refractivity contribution < 1.29 is 38.1 Å². The second-order valence-electron chi connectivity index (χ2n) is 11.2. The normalized spacial score (nSPS) is 10.5. The molecule has 0 aliphatic carbocycles. The maximum Gasteiger partial charge on any atom is 0.343 e. The van der Waals surface area contributed by atoms with Gasteiger partial charge in [0.25, 0.3) is 0 Å². The Bertz CT molecular complexity index is 1490. The number of carbonyl (C=O) groups excluding carboxylic acids is 4. The van der Waals surface area contributed by atoms with E-state index in [0.717, 1.165) is 75.3 Å². The van der Waals surface area contributed by atoms with Gasteiger partial charge in [-0.2, -0.15) is 0 Å². The highest BCUT2D eigenvalue weighted by atomic mass is 16.5. The standard InChI is InChI=1S/C39H44O8/c1-4-36(40)44-26-12-8-6-10-14-30-16-20-32(21-17-30)38(42)46-34-24-25-35(29(3)28-34)47-39(43)33-22-18-31(19-23-33)15-11-7-9-13-27-45-37(41)5-2/h4-5,16-25,28H,1-2,6-15,26-27H2,3H3. The van der Waals surface area contributed by atoms with E-state index in [-0.39, 0.29) is 0 Å². The predicted octanol–water partition coefficient (Wildman–Crippen LogP) is 8.10. The highest BCUT2D eigenvalue weighted by Crippen LogP contribution is 2.25. The van der Waals surface area contributed by atoms with E-state index in [4.69, 9.17) is 18.9 Å². The van der Waals surface area contributed by atoms with E-state index >= 15 is 0 Å². The smallest absolute Gasteiger partial charge is 0.343 e. The Balaban J connectivity index is 1.38. The molecule has 3 aromatic carbocycles. The summed E-state index contributed by atoms with van der Waals surface area (Å²) in [6.07, 6.45) is 11.8. The van der Waals surface area contributed by atoms with Crippen molar-refractivity contribution in [1.82, 2.24) is 0 Å². The third-order valence-corrected chi connectivity index (χ3v) is 7.48. The molecule has 0 fully saturated rings. The molecule has 0 atom stereocenters. The largest absolute Gasteiger partial charge is 0.463 e. The number of unbranched alkanes of at least 4 members (excludes halogenated alkanes) is 6. The summed E-state index contributed by atoms with van der Waals surface area (Å²) in [7, 11) is 0. The van der Waals surface area contributed by atoms with Gasteiger partial charge < -0.3 is 18.9 Å². The summed E-state index contributed by atoms with van der Waals surface area (Å²) >= 11 is 0. The highest BCUT2D eigenvalue weighted by Gasteiger charge is 2.14. The third kappa shape index (κ3) is 13.5. The van der Waals surface area contributed by atoms with Crippen LogP contribution < -0.4 is 9.47 Å². The summed E-state index contributed by atoms with van der Waals surface area (Å²) in [6, 6.07) is 19.6. The van der Waals surface area contributed by atoms with E-state index in [1.807, 2.05) is 24.3 Å². The fourth-order valence-electron chi connectivity index (χ4n) is 4.77. The van der Waals surface area contributed by atoms with Gasteiger partial charge in [0.1, 0.15) is 11.5 Å². The minimum atomic E-state index is -0.469. The molecule has 3 rings (SSSR count). The minimum absolute atomic E-state index is 0.359.